The van der Waals surface area contributed by atoms with Gasteiger partial charge in [0.2, 0.25) is 11.5 Å². The monoisotopic (exact) mass is 729 g/mol. The summed E-state index contributed by atoms with van der Waals surface area (Å²) in [6, 6.07) is 25.6. The van der Waals surface area contributed by atoms with Gasteiger partial charge in [0.05, 0.1) is 34.5 Å². The summed E-state index contributed by atoms with van der Waals surface area (Å²) >= 11 is 0. The van der Waals surface area contributed by atoms with E-state index in [0.29, 0.717) is 29.5 Å². The number of allylic oxidation sites excluding steroid dienone is 2. The molecule has 3 aromatic carbocycles. The van der Waals surface area contributed by atoms with Crippen LogP contribution >= 0.6 is 0 Å². The van der Waals surface area contributed by atoms with Crippen molar-refractivity contribution in [2.45, 2.75) is 32.7 Å². The standard InChI is InChI=1S/C37H36N4O8S2/c1-2-27(23-36-40(18-7-21-50(42,43)44)32-25-29(11-13-34(32)48-36)38-16-5-6-17-38)24-37-41(19-8-22-51(45,46)47)33-26-30(12-14-35(33)49-37)39-20-15-28-9-3-4-10-31(28)39/h3-6,9-17,20,23-26H,2,7-8,18-19,21-22H2,1H3,(H-,42,43,44,45,46,47)/p+1. The number of fused-ring (bicyclic) bond motifs is 3. The number of aromatic nitrogens is 3. The Kier molecular flexibility index (Phi) is 9.33. The molecular weight excluding hydrogens is 693 g/mol. The van der Waals surface area contributed by atoms with Crippen molar-refractivity contribution in [2.75, 3.05) is 23.0 Å². The molecule has 12 nitrogen and oxygen atoms in total. The molecule has 3 aromatic heterocycles. The first kappa shape index (κ1) is 34.3. The molecule has 0 bridgehead atoms. The van der Waals surface area contributed by atoms with Gasteiger partial charge in [-0.3, -0.25) is 9.11 Å². The molecule has 1 aliphatic rings. The maximum Gasteiger partial charge on any atom is 0.374 e. The maximum absolute atomic E-state index is 11.6. The summed E-state index contributed by atoms with van der Waals surface area (Å²) in [6.07, 6.45) is 10.5. The minimum Gasteiger partial charge on any atom is -0.439 e. The normalized spacial score (nSPS) is 14.5. The highest BCUT2D eigenvalue weighted by Crippen LogP contribution is 2.41. The van der Waals surface area contributed by atoms with Crippen LogP contribution < -0.4 is 14.2 Å². The number of rotatable bonds is 13. The number of oxazole rings is 1. The molecule has 4 heterocycles. The lowest BCUT2D eigenvalue weighted by Crippen LogP contribution is -2.36. The average molecular weight is 730 g/mol. The summed E-state index contributed by atoms with van der Waals surface area (Å²) in [6.45, 7) is 2.51. The molecule has 14 heteroatoms. The fourth-order valence-electron chi connectivity index (χ4n) is 6.35. The Morgan fingerprint density at radius 1 is 0.843 bits per heavy atom. The van der Waals surface area contributed by atoms with Crippen LogP contribution in [0.1, 0.15) is 32.1 Å². The van der Waals surface area contributed by atoms with Gasteiger partial charge in [0.25, 0.3) is 25.8 Å². The average Bonchev–Trinajstić information content (AvgIpc) is 3.89. The van der Waals surface area contributed by atoms with Crippen molar-refractivity contribution in [1.82, 2.24) is 9.13 Å². The SMILES string of the molecule is CCC(/C=C1\Oc2ccc(-n3ccc4ccccc43)cc2N1CCCS(=O)(=O)O)=C\c1oc2ccc(-n3cccc3)cc2[n+]1CCCS(=O)(=O)O. The van der Waals surface area contributed by atoms with Crippen LogP contribution in [0.4, 0.5) is 5.69 Å². The molecule has 0 saturated carbocycles. The Hall–Kier alpha value is -5.15. The van der Waals surface area contributed by atoms with Gasteiger partial charge in [-0.25, -0.2) is 0 Å². The molecule has 51 heavy (non-hydrogen) atoms. The maximum atomic E-state index is 11.6. The highest BCUT2D eigenvalue weighted by molar-refractivity contribution is 7.86. The van der Waals surface area contributed by atoms with Gasteiger partial charge in [0.1, 0.15) is 0 Å². The van der Waals surface area contributed by atoms with Crippen molar-refractivity contribution in [3.8, 4) is 17.1 Å². The van der Waals surface area contributed by atoms with Crippen LogP contribution in [0.25, 0.3) is 39.5 Å². The fourth-order valence-corrected chi connectivity index (χ4v) is 7.34. The Labute approximate surface area is 295 Å². The van der Waals surface area contributed by atoms with Crippen LogP contribution in [-0.4, -0.2) is 53.1 Å². The number of anilines is 1. The summed E-state index contributed by atoms with van der Waals surface area (Å²) in [5, 5.41) is 1.10. The van der Waals surface area contributed by atoms with Crippen molar-refractivity contribution in [3.05, 3.63) is 121 Å². The van der Waals surface area contributed by atoms with E-state index in [0.717, 1.165) is 39.1 Å². The van der Waals surface area contributed by atoms with Crippen molar-refractivity contribution >= 4 is 54.0 Å². The lowest BCUT2D eigenvalue weighted by molar-refractivity contribution is -0.677. The largest absolute Gasteiger partial charge is 0.439 e. The smallest absolute Gasteiger partial charge is 0.374 e. The third kappa shape index (κ3) is 7.64. The van der Waals surface area contributed by atoms with E-state index in [2.05, 4.69) is 4.57 Å². The number of aryl methyl sites for hydroxylation is 1. The van der Waals surface area contributed by atoms with Gasteiger partial charge < -0.3 is 23.2 Å². The molecule has 0 aliphatic carbocycles. The van der Waals surface area contributed by atoms with E-state index >= 15 is 0 Å². The molecule has 7 rings (SSSR count). The predicted octanol–water partition coefficient (Wildman–Crippen LogP) is 6.54. The Bertz CT molecular complexity index is 2510. The molecule has 2 N–H and O–H groups in total. The molecule has 0 radical (unpaired) electrons. The summed E-state index contributed by atoms with van der Waals surface area (Å²) < 4.78 is 83.9. The molecule has 0 unspecified atom stereocenters. The van der Waals surface area contributed by atoms with Crippen LogP contribution in [0.15, 0.2) is 119 Å². The zero-order chi connectivity index (χ0) is 35.8. The highest BCUT2D eigenvalue weighted by Gasteiger charge is 2.28. The molecule has 0 fully saturated rings. The van der Waals surface area contributed by atoms with E-state index in [9.17, 15) is 25.9 Å². The molecule has 0 atom stereocenters. The first-order valence-electron chi connectivity index (χ1n) is 16.5. The highest BCUT2D eigenvalue weighted by atomic mass is 32.2. The summed E-state index contributed by atoms with van der Waals surface area (Å²) in [5.74, 6) is 0.757. The van der Waals surface area contributed by atoms with E-state index in [-0.39, 0.29) is 25.9 Å². The molecule has 0 spiro atoms. The number of hydrogen-bond acceptors (Lipinski definition) is 7. The minimum atomic E-state index is -4.17. The summed E-state index contributed by atoms with van der Waals surface area (Å²) in [4.78, 5) is 1.90. The van der Waals surface area contributed by atoms with Crippen LogP contribution in [0.3, 0.4) is 0 Å². The predicted molar refractivity (Wildman–Crippen MR) is 195 cm³/mol. The van der Waals surface area contributed by atoms with Crippen molar-refractivity contribution in [2.24, 2.45) is 0 Å². The number of benzene rings is 3. The molecule has 1 aliphatic heterocycles. The zero-order valence-corrected chi connectivity index (χ0v) is 29.4. The van der Waals surface area contributed by atoms with E-state index in [1.807, 2.05) is 131 Å². The van der Waals surface area contributed by atoms with Gasteiger partial charge in [-0.15, -0.1) is 0 Å². The van der Waals surface area contributed by atoms with Crippen LogP contribution in [0.5, 0.6) is 5.75 Å². The topological polar surface area (TPSA) is 148 Å². The van der Waals surface area contributed by atoms with E-state index in [1.54, 1.807) is 0 Å². The number of ether oxygens (including phenoxy) is 1. The molecular formula is C37H37N4O8S2+. The van der Waals surface area contributed by atoms with Gasteiger partial charge in [0.15, 0.2) is 12.3 Å². The minimum absolute atomic E-state index is 0.155. The molecule has 0 saturated heterocycles. The second-order valence-corrected chi connectivity index (χ2v) is 15.5. The van der Waals surface area contributed by atoms with Gasteiger partial charge in [0, 0.05) is 49.4 Å². The Balaban J connectivity index is 1.27. The fraction of sp³-hybridized carbons (Fsp3) is 0.216. The second kappa shape index (κ2) is 13.9. The van der Waals surface area contributed by atoms with Gasteiger partial charge in [-0.05, 0) is 78.4 Å². The van der Waals surface area contributed by atoms with Crippen LogP contribution in [0.2, 0.25) is 0 Å². The van der Waals surface area contributed by atoms with Crippen LogP contribution in [-0.2, 0) is 26.8 Å². The number of para-hydroxylation sites is 1. The number of nitrogens with zero attached hydrogens (tertiary/aromatic N) is 4. The van der Waals surface area contributed by atoms with Crippen molar-refractivity contribution in [3.63, 3.8) is 0 Å². The van der Waals surface area contributed by atoms with Crippen LogP contribution in [0, 0.1) is 0 Å². The van der Waals surface area contributed by atoms with E-state index in [1.165, 1.54) is 0 Å². The zero-order valence-electron chi connectivity index (χ0n) is 27.8. The Morgan fingerprint density at radius 2 is 1.59 bits per heavy atom. The summed E-state index contributed by atoms with van der Waals surface area (Å²) in [7, 11) is -8.33. The summed E-state index contributed by atoms with van der Waals surface area (Å²) in [5.41, 5.74) is 5.78. The van der Waals surface area contributed by atoms with Gasteiger partial charge >= 0.3 is 5.89 Å². The van der Waals surface area contributed by atoms with Gasteiger partial charge in [-0.2, -0.15) is 21.4 Å². The third-order valence-electron chi connectivity index (χ3n) is 8.80. The molecule has 6 aromatic rings. The van der Waals surface area contributed by atoms with Gasteiger partial charge in [-0.1, -0.05) is 25.1 Å². The van der Waals surface area contributed by atoms with E-state index < -0.39 is 31.7 Å². The van der Waals surface area contributed by atoms with Crippen molar-refractivity contribution < 1.29 is 39.7 Å². The first-order chi connectivity index (χ1) is 24.5. The quantitative estimate of drug-likeness (QED) is 0.0998. The van der Waals surface area contributed by atoms with Crippen molar-refractivity contribution in [1.29, 1.82) is 0 Å². The molecule has 0 amide bonds. The molecule has 264 valence electrons. The third-order valence-corrected chi connectivity index (χ3v) is 10.4. The lowest BCUT2D eigenvalue weighted by atomic mass is 10.1. The first-order valence-corrected chi connectivity index (χ1v) is 19.8. The Morgan fingerprint density at radius 3 is 2.35 bits per heavy atom. The number of hydrogen-bond donors (Lipinski definition) is 2. The second-order valence-electron chi connectivity index (χ2n) is 12.3. The lowest BCUT2D eigenvalue weighted by Gasteiger charge is -2.19. The van der Waals surface area contributed by atoms with E-state index in [4.69, 9.17) is 9.15 Å².